The van der Waals surface area contributed by atoms with Crippen LogP contribution in [0.2, 0.25) is 0 Å². The van der Waals surface area contributed by atoms with Crippen molar-refractivity contribution in [3.63, 3.8) is 0 Å². The number of hydrogen-bond donors (Lipinski definition) is 1. The smallest absolute Gasteiger partial charge is 0.356 e. The van der Waals surface area contributed by atoms with Crippen molar-refractivity contribution in [2.24, 2.45) is 0 Å². The van der Waals surface area contributed by atoms with Crippen molar-refractivity contribution in [2.45, 2.75) is 6.10 Å². The third kappa shape index (κ3) is 2.25. The van der Waals surface area contributed by atoms with Gasteiger partial charge in [-0.3, -0.25) is 0 Å². The van der Waals surface area contributed by atoms with Crippen LogP contribution in [-0.2, 0) is 0 Å². The van der Waals surface area contributed by atoms with Crippen LogP contribution in [0.4, 0.5) is 0 Å². The summed E-state index contributed by atoms with van der Waals surface area (Å²) >= 11 is 1.47. The maximum absolute atomic E-state index is 11.7. The molecule has 124 valence electrons. The lowest BCUT2D eigenvalue weighted by Crippen LogP contribution is -2.15. The molecule has 0 aliphatic carbocycles. The highest BCUT2D eigenvalue weighted by Gasteiger charge is 2.36. The molecule has 1 N–H and O–H groups in total. The number of methoxy groups -OCH3 is 1. The zero-order chi connectivity index (χ0) is 17.6. The highest BCUT2D eigenvalue weighted by molar-refractivity contribution is 7.08. The Bertz CT molecular complexity index is 1020. The number of hydrogen-bond acceptors (Lipinski definition) is 6. The van der Waals surface area contributed by atoms with Gasteiger partial charge >= 0.3 is 5.97 Å². The molecule has 0 bridgehead atoms. The summed E-state index contributed by atoms with van der Waals surface area (Å²) in [5.41, 5.74) is 2.02. The molecule has 0 saturated carbocycles. The summed E-state index contributed by atoms with van der Waals surface area (Å²) in [5, 5.41) is 27.0. The second-order valence-electron chi connectivity index (χ2n) is 5.30. The van der Waals surface area contributed by atoms with Gasteiger partial charge in [0.2, 0.25) is 6.10 Å². The maximum atomic E-state index is 11.7. The van der Waals surface area contributed by atoms with Crippen molar-refractivity contribution >= 4 is 17.3 Å². The number of nitriles is 1. The Kier molecular flexibility index (Phi) is 3.44. The molecule has 0 fully saturated rings. The third-order valence-electron chi connectivity index (χ3n) is 3.94. The fourth-order valence-electron chi connectivity index (χ4n) is 2.86. The van der Waals surface area contributed by atoms with Gasteiger partial charge in [0, 0.05) is 17.0 Å². The van der Waals surface area contributed by atoms with Crippen LogP contribution in [0.3, 0.4) is 0 Å². The zero-order valence-electron chi connectivity index (χ0n) is 13.0. The van der Waals surface area contributed by atoms with Crippen LogP contribution in [0.25, 0.3) is 16.9 Å². The fourth-order valence-corrected chi connectivity index (χ4v) is 3.47. The van der Waals surface area contributed by atoms with E-state index in [0.29, 0.717) is 22.8 Å². The molecular weight excluding hydrogens is 342 g/mol. The van der Waals surface area contributed by atoms with Gasteiger partial charge in [0.15, 0.2) is 5.69 Å². The first-order valence-corrected chi connectivity index (χ1v) is 8.21. The molecule has 7 nitrogen and oxygen atoms in total. The molecule has 2 aromatic heterocycles. The Morgan fingerprint density at radius 1 is 1.48 bits per heavy atom. The average molecular weight is 353 g/mol. The van der Waals surface area contributed by atoms with Gasteiger partial charge in [-0.1, -0.05) is 0 Å². The number of carboxylic acids is 1. The van der Waals surface area contributed by atoms with Crippen LogP contribution in [0.5, 0.6) is 11.5 Å². The molecular formula is C17H11N3O4S. The minimum absolute atomic E-state index is 0.186. The first-order valence-electron chi connectivity index (χ1n) is 7.27. The Hall–Kier alpha value is -3.31. The largest absolute Gasteiger partial charge is 0.497 e. The molecule has 0 saturated heterocycles. The molecule has 3 heterocycles. The molecule has 0 radical (unpaired) electrons. The number of carboxylic acid groups (broad SMARTS) is 1. The Balaban J connectivity index is 2.06. The van der Waals surface area contributed by atoms with Crippen LogP contribution < -0.4 is 9.47 Å². The number of benzene rings is 1. The zero-order valence-corrected chi connectivity index (χ0v) is 13.8. The van der Waals surface area contributed by atoms with Gasteiger partial charge in [-0.05, 0) is 23.6 Å². The van der Waals surface area contributed by atoms with Gasteiger partial charge in [0.25, 0.3) is 0 Å². The minimum Gasteiger partial charge on any atom is -0.497 e. The van der Waals surface area contributed by atoms with Gasteiger partial charge in [0.1, 0.15) is 17.6 Å². The van der Waals surface area contributed by atoms with Gasteiger partial charge in [-0.25, -0.2) is 9.48 Å². The van der Waals surface area contributed by atoms with Crippen LogP contribution in [0, 0.1) is 11.3 Å². The van der Waals surface area contributed by atoms with Gasteiger partial charge in [-0.2, -0.15) is 21.7 Å². The Labute approximate surface area is 146 Å². The molecule has 8 heteroatoms. The number of carbonyl (C=O) groups is 1. The molecule has 0 amide bonds. The maximum Gasteiger partial charge on any atom is 0.356 e. The number of fused-ring (bicyclic) bond motifs is 3. The molecule has 3 aromatic rings. The Morgan fingerprint density at radius 3 is 2.96 bits per heavy atom. The SMILES string of the molecule is COc1ccc2c(c1)OC(C#N)c1c(C(=O)O)nn(-c3ccsc3)c1-2. The second kappa shape index (κ2) is 5.65. The molecule has 0 spiro atoms. The van der Waals surface area contributed by atoms with Crippen molar-refractivity contribution in [2.75, 3.05) is 7.11 Å². The summed E-state index contributed by atoms with van der Waals surface area (Å²) in [7, 11) is 1.54. The molecule has 1 atom stereocenters. The highest BCUT2D eigenvalue weighted by atomic mass is 32.1. The van der Waals surface area contributed by atoms with E-state index in [1.54, 1.807) is 22.9 Å². The van der Waals surface area contributed by atoms with E-state index in [4.69, 9.17) is 9.47 Å². The molecule has 1 aliphatic heterocycles. The van der Waals surface area contributed by atoms with Crippen LogP contribution in [0.15, 0.2) is 35.0 Å². The van der Waals surface area contributed by atoms with Gasteiger partial charge < -0.3 is 14.6 Å². The minimum atomic E-state index is -1.20. The first-order chi connectivity index (χ1) is 12.1. The monoisotopic (exact) mass is 353 g/mol. The van der Waals surface area contributed by atoms with E-state index in [1.807, 2.05) is 22.9 Å². The lowest BCUT2D eigenvalue weighted by atomic mass is 9.97. The van der Waals surface area contributed by atoms with E-state index < -0.39 is 12.1 Å². The highest BCUT2D eigenvalue weighted by Crippen LogP contribution is 2.46. The predicted molar refractivity (Wildman–Crippen MR) is 89.4 cm³/mol. The average Bonchev–Trinajstić information content (AvgIpc) is 3.27. The lowest BCUT2D eigenvalue weighted by molar-refractivity contribution is 0.0686. The second-order valence-corrected chi connectivity index (χ2v) is 6.08. The van der Waals surface area contributed by atoms with E-state index in [9.17, 15) is 15.2 Å². The summed E-state index contributed by atoms with van der Waals surface area (Å²) < 4.78 is 12.5. The topological polar surface area (TPSA) is 97.4 Å². The standard InChI is InChI=1S/C17H11N3O4S/c1-23-10-2-3-11-12(6-10)24-13(7-18)14-15(17(21)22)19-20(16(11)14)9-4-5-25-8-9/h2-6,8,13H,1H3,(H,21,22). The van der Waals surface area contributed by atoms with Crippen molar-refractivity contribution in [3.8, 4) is 34.5 Å². The van der Waals surface area contributed by atoms with Crippen LogP contribution in [-0.4, -0.2) is 28.0 Å². The lowest BCUT2D eigenvalue weighted by Gasteiger charge is -2.23. The van der Waals surface area contributed by atoms with E-state index >= 15 is 0 Å². The van der Waals surface area contributed by atoms with E-state index in [2.05, 4.69) is 5.10 Å². The summed E-state index contributed by atoms with van der Waals surface area (Å²) in [6.07, 6.45) is -1.06. The van der Waals surface area contributed by atoms with Crippen LogP contribution >= 0.6 is 11.3 Å². The third-order valence-corrected chi connectivity index (χ3v) is 4.61. The first kappa shape index (κ1) is 15.2. The summed E-state index contributed by atoms with van der Waals surface area (Å²) in [6.45, 7) is 0. The van der Waals surface area contributed by atoms with E-state index in [0.717, 1.165) is 5.69 Å². The molecule has 1 unspecified atom stereocenters. The number of ether oxygens (including phenoxy) is 2. The molecule has 25 heavy (non-hydrogen) atoms. The van der Waals surface area contributed by atoms with Crippen LogP contribution in [0.1, 0.15) is 22.2 Å². The predicted octanol–water partition coefficient (Wildman–Crippen LogP) is 3.26. The summed E-state index contributed by atoms with van der Waals surface area (Å²) in [4.78, 5) is 11.7. The number of thiophene rings is 1. The molecule has 4 rings (SSSR count). The van der Waals surface area contributed by atoms with Crippen molar-refractivity contribution in [1.29, 1.82) is 5.26 Å². The normalized spacial score (nSPS) is 14.8. The van der Waals surface area contributed by atoms with Crippen molar-refractivity contribution in [1.82, 2.24) is 9.78 Å². The van der Waals surface area contributed by atoms with Gasteiger partial charge in [-0.15, -0.1) is 0 Å². The number of aromatic carboxylic acids is 1. The number of rotatable bonds is 3. The Morgan fingerprint density at radius 2 is 2.32 bits per heavy atom. The van der Waals surface area contributed by atoms with Gasteiger partial charge in [0.05, 0.1) is 24.1 Å². The van der Waals surface area contributed by atoms with E-state index in [1.165, 1.54) is 18.4 Å². The number of aromatic nitrogens is 2. The molecule has 1 aliphatic rings. The number of nitrogens with zero attached hydrogens (tertiary/aromatic N) is 3. The summed E-state index contributed by atoms with van der Waals surface area (Å²) in [5.74, 6) is -0.170. The van der Waals surface area contributed by atoms with Crippen molar-refractivity contribution < 1.29 is 19.4 Å². The fraction of sp³-hybridized carbons (Fsp3) is 0.118. The quantitative estimate of drug-likeness (QED) is 0.776. The summed E-state index contributed by atoms with van der Waals surface area (Å²) in [6, 6.07) is 9.06. The van der Waals surface area contributed by atoms with Crippen molar-refractivity contribution in [3.05, 3.63) is 46.3 Å². The van der Waals surface area contributed by atoms with E-state index in [-0.39, 0.29) is 11.3 Å². The molecule has 1 aromatic carbocycles.